The summed E-state index contributed by atoms with van der Waals surface area (Å²) in [7, 11) is 4.24. The number of methoxy groups -OCH3 is 3. The van der Waals surface area contributed by atoms with Crippen molar-refractivity contribution in [2.45, 2.75) is 12.8 Å². The minimum atomic E-state index is -7.16. The molecule has 5 rings (SSSR count). The Morgan fingerprint density at radius 2 is 0.833 bits per heavy atom. The molecule has 2 N–H and O–H groups in total. The molecule has 0 saturated heterocycles. The van der Waals surface area contributed by atoms with Crippen molar-refractivity contribution in [2.75, 3.05) is 21.3 Å². The van der Waals surface area contributed by atoms with Crippen molar-refractivity contribution in [3.63, 3.8) is 0 Å². The van der Waals surface area contributed by atoms with Crippen molar-refractivity contribution in [1.82, 2.24) is 0 Å². The quantitative estimate of drug-likeness (QED) is 0.0795. The van der Waals surface area contributed by atoms with Crippen LogP contribution in [-0.4, -0.2) is 71.6 Å². The summed E-state index contributed by atoms with van der Waals surface area (Å²) in [4.78, 5) is 53.0. The topological polar surface area (TPSA) is 161 Å². The Bertz CT molecular complexity index is 2040. The number of benzene rings is 5. The molecule has 54 heavy (non-hydrogen) atoms. The van der Waals surface area contributed by atoms with E-state index >= 15 is 0 Å². The van der Waals surface area contributed by atoms with Crippen LogP contribution in [0.15, 0.2) is 117 Å². The molecule has 0 unspecified atom stereocenters. The van der Waals surface area contributed by atoms with Gasteiger partial charge in [-0.3, -0.25) is 0 Å². The number of carboxylic acids is 2. The number of aliphatic carboxylic acids is 2. The van der Waals surface area contributed by atoms with Gasteiger partial charge >= 0.3 is 339 Å². The fourth-order valence-corrected chi connectivity index (χ4v) is 22.5. The molecule has 13 nitrogen and oxygen atoms in total. The molecule has 0 aliphatic heterocycles. The van der Waals surface area contributed by atoms with Crippen LogP contribution >= 0.6 is 47.8 Å². The van der Waals surface area contributed by atoms with Crippen molar-refractivity contribution in [2.24, 2.45) is 0 Å². The van der Waals surface area contributed by atoms with Crippen LogP contribution in [0.3, 0.4) is 0 Å². The molecule has 5 aromatic carbocycles. The Balaban J connectivity index is 2.00. The van der Waals surface area contributed by atoms with Gasteiger partial charge in [-0.15, -0.1) is 0 Å². The number of ether oxygens (including phenoxy) is 3. The zero-order chi connectivity index (χ0) is 39.2. The molecule has 0 amide bonds. The number of hydrogen-bond donors (Lipinski definition) is 2. The molecular weight excluding hydrogens is 1010 g/mol. The molecule has 280 valence electrons. The van der Waals surface area contributed by atoms with Gasteiger partial charge in [0.1, 0.15) is 0 Å². The Hall–Kier alpha value is -4.50. The van der Waals surface area contributed by atoms with Crippen LogP contribution in [-0.2, 0) is 28.7 Å². The van der Waals surface area contributed by atoms with E-state index in [0.29, 0.717) is 24.5 Å². The van der Waals surface area contributed by atoms with Gasteiger partial charge in [0, 0.05) is 0 Å². The molecular formula is C37H32Br3N2O11Sb+2. The third kappa shape index (κ3) is 8.11. The standard InChI is InChI=1S/2C8H7NO4.3C7H6BrO.Sb/c2*10-8(11)5-6-1-3-7(4-2-6)9(12)13;3*1-9-7-4-2-6(8)3-5-7;/h2*1-4H,5H2,(H,10,11);3*2-4H,1H3;/q;;;;;+2. The minimum absolute atomic E-state index is 0.0710. The van der Waals surface area contributed by atoms with Gasteiger partial charge in [-0.05, 0) is 0 Å². The first-order chi connectivity index (χ1) is 25.7. The van der Waals surface area contributed by atoms with Crippen LogP contribution in [0.5, 0.6) is 17.2 Å². The third-order valence-electron chi connectivity index (χ3n) is 8.20. The van der Waals surface area contributed by atoms with Crippen molar-refractivity contribution in [3.05, 3.63) is 137 Å². The van der Waals surface area contributed by atoms with Crippen LogP contribution in [0.4, 0.5) is 11.4 Å². The average Bonchev–Trinajstić information content (AvgIpc) is 3.14. The van der Waals surface area contributed by atoms with E-state index < -0.39 is 30.2 Å². The Morgan fingerprint density at radius 1 is 0.537 bits per heavy atom. The van der Waals surface area contributed by atoms with Gasteiger partial charge in [0.05, 0.1) is 0 Å². The Morgan fingerprint density at radius 3 is 1.09 bits per heavy atom. The van der Waals surface area contributed by atoms with E-state index in [1.807, 2.05) is 0 Å². The van der Waals surface area contributed by atoms with Gasteiger partial charge in [-0.25, -0.2) is 0 Å². The number of carboxylic acid groups (broad SMARTS) is 2. The van der Waals surface area contributed by atoms with Gasteiger partial charge < -0.3 is 0 Å². The fourth-order valence-electron chi connectivity index (χ4n) is 5.81. The second-order valence-electron chi connectivity index (χ2n) is 11.6. The van der Waals surface area contributed by atoms with E-state index in [9.17, 15) is 29.6 Å². The number of rotatable bonds is 16. The predicted octanol–water partition coefficient (Wildman–Crippen LogP) is 6.76. The van der Waals surface area contributed by atoms with Crippen LogP contribution in [0.2, 0.25) is 0 Å². The first kappa shape index (κ1) is 40.7. The number of halogens is 3. The van der Waals surface area contributed by atoms with Crippen LogP contribution in [0.1, 0.15) is 11.1 Å². The number of carbonyl (C=O) groups is 2. The van der Waals surface area contributed by atoms with E-state index in [0.717, 1.165) is 0 Å². The van der Waals surface area contributed by atoms with Gasteiger partial charge in [0.25, 0.3) is 0 Å². The van der Waals surface area contributed by atoms with Gasteiger partial charge in [-0.1, -0.05) is 0 Å². The Kier molecular flexibility index (Phi) is 12.7. The zero-order valence-electron chi connectivity index (χ0n) is 28.8. The summed E-state index contributed by atoms with van der Waals surface area (Å²) in [6, 6.07) is 26.3. The average molecular weight is 1040 g/mol. The maximum absolute atomic E-state index is 14.9. The summed E-state index contributed by atoms with van der Waals surface area (Å²) in [5, 5.41) is 18.7. The molecule has 0 spiro atoms. The van der Waals surface area contributed by atoms with E-state index in [1.54, 1.807) is 54.6 Å². The third-order valence-corrected chi connectivity index (χ3v) is 22.8. The Labute approximate surface area is 336 Å². The van der Waals surface area contributed by atoms with E-state index in [1.165, 1.54) is 69.9 Å². The molecule has 0 bridgehead atoms. The molecule has 0 saturated carbocycles. The van der Waals surface area contributed by atoms with Gasteiger partial charge in [0.15, 0.2) is 0 Å². The number of hydrogen-bond acceptors (Lipinski definition) is 9. The van der Waals surface area contributed by atoms with Crippen LogP contribution < -0.4 is 24.7 Å². The van der Waals surface area contributed by atoms with E-state index in [-0.39, 0.29) is 61.8 Å². The van der Waals surface area contributed by atoms with Crippen LogP contribution in [0.25, 0.3) is 0 Å². The second kappa shape index (κ2) is 16.9. The van der Waals surface area contributed by atoms with E-state index in [4.69, 9.17) is 20.4 Å². The second-order valence-corrected chi connectivity index (χ2v) is 24.8. The molecule has 5 aromatic rings. The fraction of sp³-hybridized carbons (Fsp3) is 0.135. The zero-order valence-corrected chi connectivity index (χ0v) is 36.1. The van der Waals surface area contributed by atoms with Gasteiger partial charge in [-0.2, -0.15) is 0 Å². The summed E-state index contributed by atoms with van der Waals surface area (Å²) >= 11 is 3.55. The number of nitrogens with zero attached hydrogens (tertiary/aromatic N) is 2. The first-order valence-corrected chi connectivity index (χ1v) is 24.0. The molecule has 0 atom stereocenters. The molecule has 0 aliphatic rings. The SMILES string of the molecule is COc1ccc(Br)c[c]1[Sb]([O][N+](=O)c1ccc(CC(=O)O)cc1)([O][N+](=O)c1ccc(CC(=O)O)cc1)([c]1cc(Br)ccc1OC)[c]1cc(Br)ccc1OC. The first-order valence-electron chi connectivity index (χ1n) is 15.7. The van der Waals surface area contributed by atoms with E-state index in [2.05, 4.69) is 47.8 Å². The maximum atomic E-state index is 14.9. The monoisotopic (exact) mass is 1040 g/mol. The molecule has 17 heteroatoms. The van der Waals surface area contributed by atoms with Crippen molar-refractivity contribution in [3.8, 4) is 17.2 Å². The van der Waals surface area contributed by atoms with Gasteiger partial charge in [0.2, 0.25) is 0 Å². The van der Waals surface area contributed by atoms with Crippen LogP contribution in [0, 0.1) is 9.81 Å². The summed E-state index contributed by atoms with van der Waals surface area (Å²) in [5.41, 5.74) is 0.706. The molecule has 0 radical (unpaired) electrons. The predicted molar refractivity (Wildman–Crippen MR) is 211 cm³/mol. The summed E-state index contributed by atoms with van der Waals surface area (Å²) in [6.07, 6.45) is -0.577. The molecule has 0 aromatic heterocycles. The van der Waals surface area contributed by atoms with Crippen molar-refractivity contribution >= 4 is 99.9 Å². The van der Waals surface area contributed by atoms with Crippen molar-refractivity contribution < 1.29 is 50.1 Å². The normalized spacial score (nSPS) is 11.8. The van der Waals surface area contributed by atoms with Crippen molar-refractivity contribution in [1.29, 1.82) is 0 Å². The summed E-state index contributed by atoms with van der Waals surface area (Å²) < 4.78 is 33.8. The summed E-state index contributed by atoms with van der Waals surface area (Å²) in [5.74, 6) is -1.62. The molecule has 0 heterocycles. The summed E-state index contributed by atoms with van der Waals surface area (Å²) in [6.45, 7) is 0. The molecule has 0 fully saturated rings. The molecule has 0 aliphatic carbocycles.